The Kier molecular flexibility index (Phi) is 33.7. The molecule has 0 amide bonds. The van der Waals surface area contributed by atoms with Gasteiger partial charge in [0, 0.05) is 0 Å². The van der Waals surface area contributed by atoms with Gasteiger partial charge < -0.3 is 53.8 Å². The molecule has 3 unspecified atom stereocenters. The number of aliphatic hydroxyl groups is 1. The number of likely N-dealkylation sites (N-methyl/N-ethyl adjacent to an activating group) is 1. The van der Waals surface area contributed by atoms with Gasteiger partial charge in [-0.3, -0.25) is 24.0 Å². The van der Waals surface area contributed by atoms with E-state index in [1.54, 1.807) is 7.05 Å². The van der Waals surface area contributed by atoms with E-state index in [4.69, 9.17) is 42.7 Å². The molecule has 0 saturated heterocycles. The van der Waals surface area contributed by atoms with Gasteiger partial charge >= 0.3 is 23.9 Å². The maximum atomic E-state index is 10.6. The summed E-state index contributed by atoms with van der Waals surface area (Å²) < 4.78 is 0. The smallest absolute Gasteiger partial charge is 0.322 e. The third-order valence-corrected chi connectivity index (χ3v) is 2.65. The second-order valence-corrected chi connectivity index (χ2v) is 6.62. The first-order valence-corrected chi connectivity index (χ1v) is 9.52. The molecule has 198 valence electrons. The molecule has 15 nitrogen and oxygen atoms in total. The van der Waals surface area contributed by atoms with Gasteiger partial charge in [0.15, 0.2) is 0 Å². The van der Waals surface area contributed by atoms with Crippen LogP contribution in [0.4, 0.5) is 0 Å². The van der Waals surface area contributed by atoms with Crippen molar-refractivity contribution in [3.63, 3.8) is 0 Å². The summed E-state index contributed by atoms with van der Waals surface area (Å²) in [7, 11) is 1.59. The molecule has 0 spiro atoms. The van der Waals surface area contributed by atoms with Crippen molar-refractivity contribution in [1.82, 2.24) is 5.32 Å². The third kappa shape index (κ3) is 53.0. The van der Waals surface area contributed by atoms with E-state index in [2.05, 4.69) is 24.9 Å². The minimum Gasteiger partial charge on any atom is -0.480 e. The van der Waals surface area contributed by atoms with Crippen LogP contribution in [0.3, 0.4) is 0 Å². The van der Waals surface area contributed by atoms with Crippen LogP contribution in [-0.2, 0) is 24.0 Å². The highest BCUT2D eigenvalue weighted by molar-refractivity contribution is 5.81. The Morgan fingerprint density at radius 3 is 1.21 bits per heavy atom. The molecular weight excluding hydrogens is 446 g/mol. The van der Waals surface area contributed by atoms with E-state index in [1.165, 1.54) is 13.8 Å². The molecular formula is C18H41N5O10. The number of aliphatic hydroxyl groups excluding tert-OH is 1. The molecule has 0 fully saturated rings. The fourth-order valence-electron chi connectivity index (χ4n) is 0.903. The Morgan fingerprint density at radius 2 is 1.18 bits per heavy atom. The number of hydrogen-bond donors (Lipinski definition) is 10. The summed E-state index contributed by atoms with van der Waals surface area (Å²) in [6.07, 6.45) is 0.801. The second-order valence-electron chi connectivity index (χ2n) is 6.62. The number of carbonyl (C=O) groups is 5. The highest BCUT2D eigenvalue weighted by atomic mass is 16.4. The maximum Gasteiger partial charge on any atom is 0.322 e. The number of nitrogens with one attached hydrogen (secondary N) is 1. The molecule has 0 aliphatic rings. The van der Waals surface area contributed by atoms with Gasteiger partial charge in [-0.25, -0.2) is 0 Å². The summed E-state index contributed by atoms with van der Waals surface area (Å²) in [6.45, 7) is 6.33. The Morgan fingerprint density at radius 1 is 0.818 bits per heavy atom. The van der Waals surface area contributed by atoms with Crippen molar-refractivity contribution >= 4 is 29.7 Å². The van der Waals surface area contributed by atoms with Gasteiger partial charge in [-0.15, -0.1) is 0 Å². The molecule has 0 aromatic heterocycles. The number of carboxylic acids is 4. The van der Waals surface area contributed by atoms with Gasteiger partial charge in [-0.05, 0) is 33.2 Å². The Labute approximate surface area is 193 Å². The predicted molar refractivity (Wildman–Crippen MR) is 120 cm³/mol. The van der Waals surface area contributed by atoms with Gasteiger partial charge in [0.1, 0.15) is 17.9 Å². The molecule has 0 rings (SSSR count). The van der Waals surface area contributed by atoms with Gasteiger partial charge in [-0.1, -0.05) is 13.8 Å². The lowest BCUT2D eigenvalue weighted by Crippen LogP contribution is -2.33. The van der Waals surface area contributed by atoms with Crippen molar-refractivity contribution in [3.8, 4) is 0 Å². The van der Waals surface area contributed by atoms with Crippen molar-refractivity contribution in [3.05, 3.63) is 0 Å². The lowest BCUT2D eigenvalue weighted by Gasteiger charge is -2.08. The van der Waals surface area contributed by atoms with Crippen LogP contribution in [0, 0.1) is 5.92 Å². The lowest BCUT2D eigenvalue weighted by molar-refractivity contribution is -0.140. The highest BCUT2D eigenvalue weighted by Gasteiger charge is 2.08. The summed E-state index contributed by atoms with van der Waals surface area (Å²) in [6, 6.07) is -2.10. The van der Waals surface area contributed by atoms with Crippen LogP contribution in [0.1, 0.15) is 34.1 Å². The van der Waals surface area contributed by atoms with Gasteiger partial charge in [0.2, 0.25) is 0 Å². The summed E-state index contributed by atoms with van der Waals surface area (Å²) in [5.74, 6) is -3.33. The molecule has 0 aliphatic heterocycles. The fourth-order valence-corrected chi connectivity index (χ4v) is 0.903. The average molecular weight is 488 g/mol. The fraction of sp³-hybridized carbons (Fsp3) is 0.722. The van der Waals surface area contributed by atoms with Gasteiger partial charge in [-0.2, -0.15) is 0 Å². The van der Waals surface area contributed by atoms with E-state index >= 15 is 0 Å². The zero-order valence-corrected chi connectivity index (χ0v) is 19.7. The molecule has 14 N–H and O–H groups in total. The molecule has 0 saturated carbocycles. The Hall–Kier alpha value is -2.69. The zero-order valence-electron chi connectivity index (χ0n) is 19.7. The minimum atomic E-state index is -1.18. The summed E-state index contributed by atoms with van der Waals surface area (Å²) in [5, 5.41) is 41.7. The number of carboxylic acid groups (broad SMARTS) is 4. The highest BCUT2D eigenvalue weighted by Crippen LogP contribution is 2.02. The number of hydrogen-bond acceptors (Lipinski definition) is 11. The number of carbonyl (C=O) groups excluding carboxylic acids is 1. The molecule has 0 aromatic rings. The molecule has 0 radical (unpaired) electrons. The predicted octanol–water partition coefficient (Wildman–Crippen LogP) is -2.92. The molecule has 0 bridgehead atoms. The number of rotatable bonds is 9. The summed E-state index contributed by atoms with van der Waals surface area (Å²) in [4.78, 5) is 48.6. The third-order valence-electron chi connectivity index (χ3n) is 2.65. The van der Waals surface area contributed by atoms with Crippen molar-refractivity contribution in [2.24, 2.45) is 28.9 Å². The first-order chi connectivity index (χ1) is 14.9. The van der Waals surface area contributed by atoms with E-state index < -0.39 is 42.6 Å². The SMILES string of the molecule is CC(=O)C(N)CC(C)C.CC(N)C(=O)O.CNCC(=O)O.NC(CO)C(=O)O.NCC(=O)O. The number of Topliss-reactive ketones (excluding diaryl/α,β-unsaturated/α-hetero) is 1. The van der Waals surface area contributed by atoms with Crippen LogP contribution >= 0.6 is 0 Å². The monoisotopic (exact) mass is 487 g/mol. The molecule has 0 heterocycles. The van der Waals surface area contributed by atoms with E-state index in [-0.39, 0.29) is 24.9 Å². The van der Waals surface area contributed by atoms with Crippen molar-refractivity contribution in [2.75, 3.05) is 26.7 Å². The average Bonchev–Trinajstić information content (AvgIpc) is 2.68. The number of nitrogens with two attached hydrogens (primary N) is 4. The lowest BCUT2D eigenvalue weighted by atomic mass is 10.0. The van der Waals surface area contributed by atoms with Crippen LogP contribution in [-0.4, -0.2) is 100 Å². The van der Waals surface area contributed by atoms with Crippen LogP contribution in [0.25, 0.3) is 0 Å². The van der Waals surface area contributed by atoms with Gasteiger partial charge in [0.05, 0.1) is 25.7 Å². The van der Waals surface area contributed by atoms with Crippen LogP contribution < -0.4 is 28.3 Å². The molecule has 33 heavy (non-hydrogen) atoms. The Bertz CT molecular complexity index is 545. The molecule has 0 aromatic carbocycles. The van der Waals surface area contributed by atoms with Crippen LogP contribution in [0.15, 0.2) is 0 Å². The van der Waals surface area contributed by atoms with Crippen molar-refractivity contribution < 1.29 is 49.5 Å². The normalized spacial score (nSPS) is 11.7. The molecule has 3 atom stereocenters. The first-order valence-electron chi connectivity index (χ1n) is 9.52. The van der Waals surface area contributed by atoms with E-state index in [0.29, 0.717) is 5.92 Å². The minimum absolute atomic E-state index is 0.0417. The summed E-state index contributed by atoms with van der Waals surface area (Å²) >= 11 is 0. The molecule has 15 heteroatoms. The largest absolute Gasteiger partial charge is 0.480 e. The quantitative estimate of drug-likeness (QED) is 0.156. The van der Waals surface area contributed by atoms with Crippen LogP contribution in [0.5, 0.6) is 0 Å². The number of ketones is 1. The Balaban J connectivity index is -0.000000101. The maximum absolute atomic E-state index is 10.6. The molecule has 0 aliphatic carbocycles. The standard InChI is InChI=1S/C7H15NO.C3H7NO3.2C3H7NO2.C2H5NO2/c1-5(2)4-7(8)6(3)9;4-2(1-5)3(6)7;1-4-2-3(5)6;1-2(4)3(5)6;3-1-2(4)5/h5,7H,4,8H2,1-3H3;2,5H,1,4H2,(H,6,7);4H,2H2,1H3,(H,5,6);2H,4H2,1H3,(H,5,6);1,3H2,(H,4,5). The first kappa shape index (κ1) is 40.6. The van der Waals surface area contributed by atoms with Crippen molar-refractivity contribution in [2.45, 2.75) is 52.2 Å². The van der Waals surface area contributed by atoms with E-state index in [9.17, 15) is 24.0 Å². The van der Waals surface area contributed by atoms with E-state index in [0.717, 1.165) is 6.42 Å². The second kappa shape index (κ2) is 27.3. The van der Waals surface area contributed by atoms with E-state index in [1.807, 2.05) is 0 Å². The zero-order chi connectivity index (χ0) is 27.7. The van der Waals surface area contributed by atoms with Crippen LogP contribution in [0.2, 0.25) is 0 Å². The topological polar surface area (TPSA) is 303 Å². The van der Waals surface area contributed by atoms with Gasteiger partial charge in [0.25, 0.3) is 0 Å². The van der Waals surface area contributed by atoms with Crippen molar-refractivity contribution in [1.29, 1.82) is 0 Å². The number of aliphatic carboxylic acids is 4. The summed E-state index contributed by atoms with van der Waals surface area (Å²) in [5.41, 5.74) is 19.6.